The lowest BCUT2D eigenvalue weighted by Crippen LogP contribution is -2.35. The summed E-state index contributed by atoms with van der Waals surface area (Å²) >= 11 is 1.70. The van der Waals surface area contributed by atoms with Crippen molar-refractivity contribution in [1.82, 2.24) is 10.2 Å². The Kier molecular flexibility index (Phi) is 7.77. The normalized spacial score (nSPS) is 14.3. The molecule has 0 radical (unpaired) electrons. The minimum Gasteiger partial charge on any atom is -0.379 e. The second-order valence-electron chi connectivity index (χ2n) is 7.66. The van der Waals surface area contributed by atoms with E-state index in [9.17, 15) is 4.79 Å². The number of carbonyl (C=O) groups is 1. The number of ether oxygens (including phenoxy) is 1. The molecule has 31 heavy (non-hydrogen) atoms. The molecule has 3 aromatic rings. The molecule has 4 rings (SSSR count). The molecule has 1 aliphatic rings. The summed E-state index contributed by atoms with van der Waals surface area (Å²) in [4.78, 5) is 16.3. The average molecular weight is 433 g/mol. The van der Waals surface area contributed by atoms with Gasteiger partial charge < -0.3 is 10.1 Å². The SMILES string of the molecule is O=C(NCc1cccc(CN2CCOCC2)c1)c1ccccc1SCc1ccccc1. The van der Waals surface area contributed by atoms with Crippen LogP contribution >= 0.6 is 11.8 Å². The number of thioether (sulfide) groups is 1. The molecule has 1 fully saturated rings. The van der Waals surface area contributed by atoms with Crippen LogP contribution in [-0.4, -0.2) is 37.1 Å². The van der Waals surface area contributed by atoms with Crippen molar-refractivity contribution in [3.05, 3.63) is 101 Å². The molecule has 0 unspecified atom stereocenters. The highest BCUT2D eigenvalue weighted by Crippen LogP contribution is 2.26. The number of amides is 1. The van der Waals surface area contributed by atoms with Crippen LogP contribution in [0.4, 0.5) is 0 Å². The first kappa shape index (κ1) is 21.6. The standard InChI is InChI=1S/C26H28N2O2S/c29-26(24-11-4-5-12-25(24)31-20-21-7-2-1-3-8-21)27-18-22-9-6-10-23(17-22)19-28-13-15-30-16-14-28/h1-12,17H,13-16,18-20H2,(H,27,29). The van der Waals surface area contributed by atoms with Crippen molar-refractivity contribution in [2.24, 2.45) is 0 Å². The van der Waals surface area contributed by atoms with Crippen molar-refractivity contribution < 1.29 is 9.53 Å². The fraction of sp³-hybridized carbons (Fsp3) is 0.269. The Morgan fingerprint density at radius 2 is 1.58 bits per heavy atom. The molecular formula is C26H28N2O2S. The number of hydrogen-bond donors (Lipinski definition) is 1. The summed E-state index contributed by atoms with van der Waals surface area (Å²) in [6, 6.07) is 26.6. The van der Waals surface area contributed by atoms with Gasteiger partial charge in [-0.05, 0) is 28.8 Å². The molecule has 0 atom stereocenters. The molecule has 3 aromatic carbocycles. The van der Waals surface area contributed by atoms with Crippen molar-refractivity contribution in [1.29, 1.82) is 0 Å². The van der Waals surface area contributed by atoms with Crippen LogP contribution in [-0.2, 0) is 23.6 Å². The Morgan fingerprint density at radius 1 is 0.871 bits per heavy atom. The van der Waals surface area contributed by atoms with Crippen LogP contribution in [0, 0.1) is 0 Å². The predicted molar refractivity (Wildman–Crippen MR) is 126 cm³/mol. The summed E-state index contributed by atoms with van der Waals surface area (Å²) in [5.41, 5.74) is 4.37. The summed E-state index contributed by atoms with van der Waals surface area (Å²) in [5.74, 6) is 0.809. The van der Waals surface area contributed by atoms with E-state index < -0.39 is 0 Å². The van der Waals surface area contributed by atoms with Crippen LogP contribution in [0.5, 0.6) is 0 Å². The quantitative estimate of drug-likeness (QED) is 0.522. The maximum atomic E-state index is 12.9. The van der Waals surface area contributed by atoms with E-state index in [1.165, 1.54) is 11.1 Å². The average Bonchev–Trinajstić information content (AvgIpc) is 2.83. The molecular weight excluding hydrogens is 404 g/mol. The Bertz CT molecular complexity index is 987. The molecule has 1 aliphatic heterocycles. The number of benzene rings is 3. The zero-order chi connectivity index (χ0) is 21.3. The van der Waals surface area contributed by atoms with E-state index in [0.29, 0.717) is 6.54 Å². The minimum atomic E-state index is -0.0326. The van der Waals surface area contributed by atoms with Gasteiger partial charge in [-0.2, -0.15) is 0 Å². The molecule has 160 valence electrons. The summed E-state index contributed by atoms with van der Waals surface area (Å²) in [6.07, 6.45) is 0. The Balaban J connectivity index is 1.35. The van der Waals surface area contributed by atoms with E-state index in [1.54, 1.807) is 11.8 Å². The van der Waals surface area contributed by atoms with Crippen molar-refractivity contribution >= 4 is 17.7 Å². The molecule has 1 heterocycles. The van der Waals surface area contributed by atoms with Gasteiger partial charge in [-0.15, -0.1) is 11.8 Å². The molecule has 0 aliphatic carbocycles. The zero-order valence-corrected chi connectivity index (χ0v) is 18.4. The van der Waals surface area contributed by atoms with E-state index in [1.807, 2.05) is 42.5 Å². The van der Waals surface area contributed by atoms with E-state index in [-0.39, 0.29) is 5.91 Å². The highest BCUT2D eigenvalue weighted by atomic mass is 32.2. The van der Waals surface area contributed by atoms with Crippen molar-refractivity contribution in [3.63, 3.8) is 0 Å². The van der Waals surface area contributed by atoms with Gasteiger partial charge in [-0.25, -0.2) is 0 Å². The number of nitrogens with zero attached hydrogens (tertiary/aromatic N) is 1. The van der Waals surface area contributed by atoms with Crippen molar-refractivity contribution in [2.75, 3.05) is 26.3 Å². The van der Waals surface area contributed by atoms with Gasteiger partial charge in [0.1, 0.15) is 0 Å². The third-order valence-corrected chi connectivity index (χ3v) is 6.47. The molecule has 0 aromatic heterocycles. The van der Waals surface area contributed by atoms with E-state index in [4.69, 9.17) is 4.74 Å². The van der Waals surface area contributed by atoms with Crippen LogP contribution in [0.25, 0.3) is 0 Å². The summed E-state index contributed by atoms with van der Waals surface area (Å²) < 4.78 is 5.43. The minimum absolute atomic E-state index is 0.0326. The number of hydrogen-bond acceptors (Lipinski definition) is 4. The molecule has 1 saturated heterocycles. The topological polar surface area (TPSA) is 41.6 Å². The molecule has 0 saturated carbocycles. The predicted octanol–water partition coefficient (Wildman–Crippen LogP) is 4.74. The van der Waals surface area contributed by atoms with Gasteiger partial charge in [0.15, 0.2) is 0 Å². The number of morpholine rings is 1. The zero-order valence-electron chi connectivity index (χ0n) is 17.6. The first-order chi connectivity index (χ1) is 15.3. The van der Waals surface area contributed by atoms with E-state index >= 15 is 0 Å². The van der Waals surface area contributed by atoms with Crippen LogP contribution in [0.2, 0.25) is 0 Å². The number of nitrogens with one attached hydrogen (secondary N) is 1. The van der Waals surface area contributed by atoms with Crippen LogP contribution in [0.1, 0.15) is 27.0 Å². The third kappa shape index (κ3) is 6.44. The van der Waals surface area contributed by atoms with E-state index in [0.717, 1.165) is 54.6 Å². The molecule has 1 amide bonds. The number of rotatable bonds is 8. The van der Waals surface area contributed by atoms with E-state index in [2.05, 4.69) is 46.6 Å². The molecule has 1 N–H and O–H groups in total. The molecule has 0 spiro atoms. The lowest BCUT2D eigenvalue weighted by atomic mass is 10.1. The molecule has 5 heteroatoms. The highest BCUT2D eigenvalue weighted by molar-refractivity contribution is 7.98. The van der Waals surface area contributed by atoms with Crippen molar-refractivity contribution in [2.45, 2.75) is 23.7 Å². The smallest absolute Gasteiger partial charge is 0.252 e. The van der Waals surface area contributed by atoms with Gasteiger partial charge in [-0.3, -0.25) is 9.69 Å². The Morgan fingerprint density at radius 3 is 2.42 bits per heavy atom. The maximum Gasteiger partial charge on any atom is 0.252 e. The first-order valence-electron chi connectivity index (χ1n) is 10.7. The second kappa shape index (κ2) is 11.1. The lowest BCUT2D eigenvalue weighted by molar-refractivity contribution is 0.0342. The lowest BCUT2D eigenvalue weighted by Gasteiger charge is -2.26. The summed E-state index contributed by atoms with van der Waals surface area (Å²) in [7, 11) is 0. The fourth-order valence-electron chi connectivity index (χ4n) is 3.65. The van der Waals surface area contributed by atoms with Gasteiger partial charge in [0.2, 0.25) is 0 Å². The highest BCUT2D eigenvalue weighted by Gasteiger charge is 2.13. The van der Waals surface area contributed by atoms with Gasteiger partial charge in [0.25, 0.3) is 5.91 Å². The van der Waals surface area contributed by atoms with Gasteiger partial charge in [0.05, 0.1) is 18.8 Å². The molecule has 4 nitrogen and oxygen atoms in total. The van der Waals surface area contributed by atoms with Crippen LogP contribution in [0.15, 0.2) is 83.8 Å². The second-order valence-corrected chi connectivity index (χ2v) is 8.68. The number of carbonyl (C=O) groups excluding carboxylic acids is 1. The third-order valence-electron chi connectivity index (χ3n) is 5.32. The van der Waals surface area contributed by atoms with Crippen molar-refractivity contribution in [3.8, 4) is 0 Å². The monoisotopic (exact) mass is 432 g/mol. The Hall–Kier alpha value is -2.60. The summed E-state index contributed by atoms with van der Waals surface area (Å²) in [6.45, 7) is 4.99. The van der Waals surface area contributed by atoms with Crippen LogP contribution < -0.4 is 5.32 Å². The van der Waals surface area contributed by atoms with Gasteiger partial charge in [-0.1, -0.05) is 66.7 Å². The van der Waals surface area contributed by atoms with Gasteiger partial charge in [0, 0.05) is 36.8 Å². The van der Waals surface area contributed by atoms with Crippen LogP contribution in [0.3, 0.4) is 0 Å². The first-order valence-corrected chi connectivity index (χ1v) is 11.7. The largest absolute Gasteiger partial charge is 0.379 e. The Labute approximate surface area is 188 Å². The summed E-state index contributed by atoms with van der Waals surface area (Å²) in [5, 5.41) is 3.10. The maximum absolute atomic E-state index is 12.9. The fourth-order valence-corrected chi connectivity index (χ4v) is 4.65. The van der Waals surface area contributed by atoms with Gasteiger partial charge >= 0.3 is 0 Å². The molecule has 0 bridgehead atoms.